The number of carbonyl (C=O) groups excluding carboxylic acids is 2. The number of rotatable bonds is 11. The van der Waals surface area contributed by atoms with Gasteiger partial charge in [0.2, 0.25) is 5.91 Å². The van der Waals surface area contributed by atoms with Gasteiger partial charge in [0, 0.05) is 29.0 Å². The van der Waals surface area contributed by atoms with Gasteiger partial charge in [-0.05, 0) is 68.5 Å². The van der Waals surface area contributed by atoms with E-state index in [1.807, 2.05) is 49.4 Å². The summed E-state index contributed by atoms with van der Waals surface area (Å²) in [6.45, 7) is 3.78. The van der Waals surface area contributed by atoms with Crippen LogP contribution in [0.5, 0.6) is 0 Å². The maximum absolute atomic E-state index is 13.7. The molecule has 8 heteroatoms. The van der Waals surface area contributed by atoms with Crippen LogP contribution in [0, 0.1) is 11.3 Å². The molecule has 0 saturated heterocycles. The summed E-state index contributed by atoms with van der Waals surface area (Å²) in [5.41, 5.74) is 1.72. The van der Waals surface area contributed by atoms with Crippen LogP contribution in [0.15, 0.2) is 59.1 Å². The largest absolute Gasteiger partial charge is 0.466 e. The average Bonchev–Trinajstić information content (AvgIpc) is 3.62. The van der Waals surface area contributed by atoms with Crippen molar-refractivity contribution in [3.8, 4) is 6.07 Å². The first kappa shape index (κ1) is 25.5. The highest BCUT2D eigenvalue weighted by Crippen LogP contribution is 2.41. The number of nitriles is 1. The number of hydrogen-bond donors (Lipinski definition) is 1. The molecule has 1 aliphatic carbocycles. The van der Waals surface area contributed by atoms with Crippen LogP contribution < -0.4 is 5.32 Å². The molecule has 1 amide bonds. The fourth-order valence-corrected chi connectivity index (χ4v) is 4.46. The third-order valence-corrected chi connectivity index (χ3v) is 7.04. The lowest BCUT2D eigenvalue weighted by Gasteiger charge is -2.31. The third kappa shape index (κ3) is 5.77. The lowest BCUT2D eigenvalue weighted by molar-refractivity contribution is -0.136. The standard InChI is InChI=1S/C28H28ClN3O4/c1-18(24(13-19-6-10-23(29)11-7-19)22-5-3-4-20(12-22)15-30)31-27(34)28(2,16-35-17-33)26-14-25(36-32-26)21-8-9-21/h3-7,10-12,14,17-18,21,24H,8-9,13,16H2,1-2H3,(H,31,34)/t18-,24+,28?/m0/s1. The number of ether oxygens (including phenoxy) is 1. The van der Waals surface area contributed by atoms with Gasteiger partial charge in [0.1, 0.15) is 23.5 Å². The molecule has 3 aromatic rings. The summed E-state index contributed by atoms with van der Waals surface area (Å²) in [7, 11) is 0. The zero-order valence-electron chi connectivity index (χ0n) is 20.2. The first-order valence-corrected chi connectivity index (χ1v) is 12.3. The minimum absolute atomic E-state index is 0.140. The Hall–Kier alpha value is -3.63. The molecule has 1 aliphatic rings. The van der Waals surface area contributed by atoms with Crippen LogP contribution >= 0.6 is 11.6 Å². The van der Waals surface area contributed by atoms with Crippen LogP contribution in [0.3, 0.4) is 0 Å². The number of amides is 1. The predicted molar refractivity (Wildman–Crippen MR) is 135 cm³/mol. The second-order valence-corrected chi connectivity index (χ2v) is 10.0. The quantitative estimate of drug-likeness (QED) is 0.366. The summed E-state index contributed by atoms with van der Waals surface area (Å²) in [5, 5.41) is 17.3. The van der Waals surface area contributed by atoms with Gasteiger partial charge >= 0.3 is 0 Å². The van der Waals surface area contributed by atoms with Crippen molar-refractivity contribution in [1.29, 1.82) is 5.26 Å². The van der Waals surface area contributed by atoms with Gasteiger partial charge in [-0.3, -0.25) is 9.59 Å². The zero-order valence-corrected chi connectivity index (χ0v) is 21.0. The van der Waals surface area contributed by atoms with E-state index in [2.05, 4.69) is 16.5 Å². The predicted octanol–water partition coefficient (Wildman–Crippen LogP) is 5.04. The average molecular weight is 506 g/mol. The Labute approximate surface area is 215 Å². The Morgan fingerprint density at radius 3 is 2.72 bits per heavy atom. The van der Waals surface area contributed by atoms with Gasteiger partial charge in [-0.25, -0.2) is 0 Å². The molecule has 1 unspecified atom stereocenters. The fraction of sp³-hybridized carbons (Fsp3) is 0.357. The molecule has 7 nitrogen and oxygen atoms in total. The molecule has 0 radical (unpaired) electrons. The Bertz CT molecular complexity index is 1260. The molecule has 1 aromatic heterocycles. The van der Waals surface area contributed by atoms with E-state index in [1.165, 1.54) is 0 Å². The van der Waals surface area contributed by atoms with Gasteiger partial charge in [0.05, 0.1) is 11.6 Å². The lowest BCUT2D eigenvalue weighted by atomic mass is 9.83. The molecule has 1 N–H and O–H groups in total. The van der Waals surface area contributed by atoms with E-state index < -0.39 is 5.41 Å². The van der Waals surface area contributed by atoms with Crippen molar-refractivity contribution in [2.75, 3.05) is 6.61 Å². The van der Waals surface area contributed by atoms with Crippen molar-refractivity contribution in [3.05, 3.63) is 87.8 Å². The minimum Gasteiger partial charge on any atom is -0.466 e. The molecule has 2 aromatic carbocycles. The molecule has 0 aliphatic heterocycles. The van der Waals surface area contributed by atoms with Crippen LogP contribution in [0.2, 0.25) is 5.02 Å². The number of carbonyl (C=O) groups is 2. The number of nitrogens with zero attached hydrogens (tertiary/aromatic N) is 2. The summed E-state index contributed by atoms with van der Waals surface area (Å²) in [6, 6.07) is 18.6. The van der Waals surface area contributed by atoms with Crippen molar-refractivity contribution in [3.63, 3.8) is 0 Å². The number of halogens is 1. The molecule has 0 bridgehead atoms. The lowest BCUT2D eigenvalue weighted by Crippen LogP contribution is -2.50. The van der Waals surface area contributed by atoms with E-state index >= 15 is 0 Å². The maximum atomic E-state index is 13.7. The van der Waals surface area contributed by atoms with Crippen LogP contribution in [-0.2, 0) is 26.2 Å². The summed E-state index contributed by atoms with van der Waals surface area (Å²) in [6.07, 6.45) is 2.69. The summed E-state index contributed by atoms with van der Waals surface area (Å²) in [5.74, 6) is 0.613. The smallest absolute Gasteiger partial charge is 0.293 e. The monoisotopic (exact) mass is 505 g/mol. The van der Waals surface area contributed by atoms with Crippen LogP contribution in [0.4, 0.5) is 0 Å². The van der Waals surface area contributed by atoms with Crippen molar-refractivity contribution in [1.82, 2.24) is 10.5 Å². The van der Waals surface area contributed by atoms with E-state index in [0.717, 1.165) is 29.7 Å². The minimum atomic E-state index is -1.23. The molecule has 0 spiro atoms. The number of hydrogen-bond acceptors (Lipinski definition) is 6. The molecule has 3 atom stereocenters. The third-order valence-electron chi connectivity index (χ3n) is 6.79. The molecule has 4 rings (SSSR count). The van der Waals surface area contributed by atoms with Gasteiger partial charge < -0.3 is 14.6 Å². The first-order chi connectivity index (χ1) is 17.3. The normalized spacial score (nSPS) is 16.3. The summed E-state index contributed by atoms with van der Waals surface area (Å²) in [4.78, 5) is 24.7. The molecule has 1 heterocycles. The zero-order chi connectivity index (χ0) is 25.7. The Morgan fingerprint density at radius 2 is 2.06 bits per heavy atom. The molecular formula is C28H28ClN3O4. The molecule has 1 fully saturated rings. The topological polar surface area (TPSA) is 105 Å². The van der Waals surface area contributed by atoms with E-state index in [1.54, 1.807) is 19.1 Å². The highest BCUT2D eigenvalue weighted by Gasteiger charge is 2.42. The van der Waals surface area contributed by atoms with E-state index in [9.17, 15) is 14.9 Å². The number of nitrogens with one attached hydrogen (secondary N) is 1. The van der Waals surface area contributed by atoms with E-state index in [-0.39, 0.29) is 24.5 Å². The molecule has 186 valence electrons. The van der Waals surface area contributed by atoms with Crippen LogP contribution in [0.25, 0.3) is 0 Å². The van der Waals surface area contributed by atoms with Gasteiger partial charge in [-0.2, -0.15) is 5.26 Å². The van der Waals surface area contributed by atoms with Crippen molar-refractivity contribution in [2.24, 2.45) is 0 Å². The van der Waals surface area contributed by atoms with E-state index in [0.29, 0.717) is 35.1 Å². The summed E-state index contributed by atoms with van der Waals surface area (Å²) < 4.78 is 10.5. The SMILES string of the molecule is C[C@H](NC(=O)C(C)(COC=O)c1cc(C2CC2)on1)[C@@H](Cc1ccc(Cl)cc1)c1cccc(C#N)c1. The Morgan fingerprint density at radius 1 is 1.31 bits per heavy atom. The number of benzene rings is 2. The summed E-state index contributed by atoms with van der Waals surface area (Å²) >= 11 is 6.07. The molecule has 1 saturated carbocycles. The van der Waals surface area contributed by atoms with Gasteiger partial charge in [-0.1, -0.05) is 41.0 Å². The van der Waals surface area contributed by atoms with Gasteiger partial charge in [-0.15, -0.1) is 0 Å². The second kappa shape index (κ2) is 11.0. The first-order valence-electron chi connectivity index (χ1n) is 11.9. The maximum Gasteiger partial charge on any atom is 0.293 e. The second-order valence-electron chi connectivity index (χ2n) is 9.56. The van der Waals surface area contributed by atoms with Crippen molar-refractivity contribution < 1.29 is 18.8 Å². The van der Waals surface area contributed by atoms with Crippen LogP contribution in [-0.4, -0.2) is 30.2 Å². The highest BCUT2D eigenvalue weighted by molar-refractivity contribution is 6.30. The van der Waals surface area contributed by atoms with Crippen molar-refractivity contribution in [2.45, 2.75) is 56.4 Å². The Balaban J connectivity index is 1.61. The molecule has 36 heavy (non-hydrogen) atoms. The molecular weight excluding hydrogens is 478 g/mol. The van der Waals surface area contributed by atoms with Gasteiger partial charge in [0.25, 0.3) is 6.47 Å². The number of aromatic nitrogens is 1. The fourth-order valence-electron chi connectivity index (χ4n) is 4.33. The van der Waals surface area contributed by atoms with Crippen molar-refractivity contribution >= 4 is 24.0 Å². The Kier molecular flexibility index (Phi) is 7.76. The van der Waals surface area contributed by atoms with Crippen LogP contribution in [0.1, 0.15) is 66.7 Å². The van der Waals surface area contributed by atoms with Gasteiger partial charge in [0.15, 0.2) is 0 Å². The van der Waals surface area contributed by atoms with E-state index in [4.69, 9.17) is 20.9 Å². The highest BCUT2D eigenvalue weighted by atomic mass is 35.5.